The third kappa shape index (κ3) is 5.74. The van der Waals surface area contributed by atoms with Crippen LogP contribution in [0, 0.1) is 0 Å². The molecule has 2 saturated heterocycles. The number of hydrogen-bond acceptors (Lipinski definition) is 6. The molecule has 3 rings (SSSR count). The highest BCUT2D eigenvalue weighted by atomic mass is 35.5. The van der Waals surface area contributed by atoms with Crippen LogP contribution < -0.4 is 9.47 Å². The van der Waals surface area contributed by atoms with E-state index in [0.29, 0.717) is 48.4 Å². The number of rotatable bonds is 7. The van der Waals surface area contributed by atoms with E-state index in [1.807, 2.05) is 13.8 Å². The molecule has 2 aliphatic heterocycles. The van der Waals surface area contributed by atoms with Crippen LogP contribution >= 0.6 is 23.4 Å². The lowest BCUT2D eigenvalue weighted by Crippen LogP contribution is -2.42. The minimum atomic E-state index is -0.485. The Bertz CT molecular complexity index is 881. The lowest BCUT2D eigenvalue weighted by molar-refractivity contribution is -0.135. The number of halogens is 1. The largest absolute Gasteiger partial charge is 0.490 e. The summed E-state index contributed by atoms with van der Waals surface area (Å²) in [5.74, 6) is 0.350. The number of hydrogen-bond donors (Lipinski definition) is 0. The van der Waals surface area contributed by atoms with Gasteiger partial charge in [0, 0.05) is 19.2 Å². The van der Waals surface area contributed by atoms with Gasteiger partial charge in [0.05, 0.1) is 23.1 Å². The molecule has 0 N–H and O–H groups in total. The molecule has 31 heavy (non-hydrogen) atoms. The zero-order chi connectivity index (χ0) is 22.4. The first-order valence-corrected chi connectivity index (χ1v) is 11.8. The van der Waals surface area contributed by atoms with Crippen molar-refractivity contribution in [2.75, 3.05) is 32.8 Å². The van der Waals surface area contributed by atoms with E-state index in [1.54, 1.807) is 23.1 Å². The Balaban J connectivity index is 1.78. The van der Waals surface area contributed by atoms with E-state index < -0.39 is 11.1 Å². The van der Waals surface area contributed by atoms with Crippen molar-refractivity contribution >= 4 is 46.5 Å². The van der Waals surface area contributed by atoms with E-state index in [9.17, 15) is 14.4 Å². The standard InChI is InChI=1S/C22H27ClN2O5S/c1-3-29-17-11-15(16(23)13-18(17)30-4-2)12-19-21(27)25(22(28)31-19)14-20(26)24-9-7-5-6-8-10-24/h11-13H,3-10,14H2,1-2H3. The molecule has 7 nitrogen and oxygen atoms in total. The van der Waals surface area contributed by atoms with Gasteiger partial charge in [-0.2, -0.15) is 0 Å². The Hall–Kier alpha value is -2.19. The fourth-order valence-electron chi connectivity index (χ4n) is 3.53. The average Bonchev–Trinajstić information content (AvgIpc) is 2.94. The maximum atomic E-state index is 12.8. The zero-order valence-electron chi connectivity index (χ0n) is 17.8. The summed E-state index contributed by atoms with van der Waals surface area (Å²) < 4.78 is 11.2. The van der Waals surface area contributed by atoms with Crippen molar-refractivity contribution < 1.29 is 23.9 Å². The molecular formula is C22H27ClN2O5S. The van der Waals surface area contributed by atoms with Gasteiger partial charge >= 0.3 is 0 Å². The smallest absolute Gasteiger partial charge is 0.294 e. The van der Waals surface area contributed by atoms with Gasteiger partial charge in [0.25, 0.3) is 11.1 Å². The van der Waals surface area contributed by atoms with Gasteiger partial charge in [-0.25, -0.2) is 0 Å². The molecule has 2 aliphatic rings. The van der Waals surface area contributed by atoms with E-state index in [0.717, 1.165) is 42.3 Å². The molecule has 0 unspecified atom stereocenters. The van der Waals surface area contributed by atoms with Crippen LogP contribution in [0.1, 0.15) is 45.1 Å². The lowest BCUT2D eigenvalue weighted by Gasteiger charge is -2.22. The Kier molecular flexibility index (Phi) is 8.26. The highest BCUT2D eigenvalue weighted by molar-refractivity contribution is 8.18. The predicted octanol–water partition coefficient (Wildman–Crippen LogP) is 4.58. The molecule has 0 aromatic heterocycles. The van der Waals surface area contributed by atoms with Crippen LogP contribution in [0.3, 0.4) is 0 Å². The van der Waals surface area contributed by atoms with Crippen LogP contribution in [-0.4, -0.2) is 59.7 Å². The Labute approximate surface area is 191 Å². The second kappa shape index (κ2) is 10.9. The second-order valence-corrected chi connectivity index (χ2v) is 8.65. The van der Waals surface area contributed by atoms with Gasteiger partial charge < -0.3 is 14.4 Å². The van der Waals surface area contributed by atoms with E-state index in [2.05, 4.69) is 0 Å². The number of carbonyl (C=O) groups is 3. The van der Waals surface area contributed by atoms with Crippen molar-refractivity contribution in [3.8, 4) is 11.5 Å². The van der Waals surface area contributed by atoms with Crippen LogP contribution in [0.4, 0.5) is 4.79 Å². The molecule has 0 radical (unpaired) electrons. The molecule has 168 valence electrons. The third-order valence-electron chi connectivity index (χ3n) is 5.08. The SMILES string of the molecule is CCOc1cc(Cl)c(C=C2SC(=O)N(CC(=O)N3CCCCCC3)C2=O)cc1OCC. The van der Waals surface area contributed by atoms with Crippen molar-refractivity contribution in [3.63, 3.8) is 0 Å². The van der Waals surface area contributed by atoms with Gasteiger partial charge in [0.1, 0.15) is 6.54 Å². The predicted molar refractivity (Wildman–Crippen MR) is 122 cm³/mol. The van der Waals surface area contributed by atoms with Gasteiger partial charge in [0.2, 0.25) is 5.91 Å². The summed E-state index contributed by atoms with van der Waals surface area (Å²) in [7, 11) is 0. The van der Waals surface area contributed by atoms with Gasteiger partial charge in [-0.1, -0.05) is 24.4 Å². The second-order valence-electron chi connectivity index (χ2n) is 7.25. The van der Waals surface area contributed by atoms with Crippen LogP contribution in [0.25, 0.3) is 6.08 Å². The summed E-state index contributed by atoms with van der Waals surface area (Å²) in [6.45, 7) is 5.73. The summed E-state index contributed by atoms with van der Waals surface area (Å²) in [4.78, 5) is 40.9. The minimum Gasteiger partial charge on any atom is -0.490 e. The molecule has 0 aliphatic carbocycles. The van der Waals surface area contributed by atoms with Crippen LogP contribution in [-0.2, 0) is 9.59 Å². The fourth-order valence-corrected chi connectivity index (χ4v) is 4.57. The summed E-state index contributed by atoms with van der Waals surface area (Å²) in [6, 6.07) is 3.32. The number of thioether (sulfide) groups is 1. The Morgan fingerprint density at radius 3 is 2.29 bits per heavy atom. The van der Waals surface area contributed by atoms with Crippen molar-refractivity contribution in [1.82, 2.24) is 9.80 Å². The number of carbonyl (C=O) groups excluding carboxylic acids is 3. The van der Waals surface area contributed by atoms with Crippen molar-refractivity contribution in [2.24, 2.45) is 0 Å². The molecule has 2 heterocycles. The monoisotopic (exact) mass is 466 g/mol. The van der Waals surface area contributed by atoms with E-state index in [4.69, 9.17) is 21.1 Å². The van der Waals surface area contributed by atoms with Crippen LogP contribution in [0.5, 0.6) is 11.5 Å². The van der Waals surface area contributed by atoms with E-state index >= 15 is 0 Å². The first-order valence-electron chi connectivity index (χ1n) is 10.6. The summed E-state index contributed by atoms with van der Waals surface area (Å²) >= 11 is 7.19. The van der Waals surface area contributed by atoms with Crippen molar-refractivity contribution in [2.45, 2.75) is 39.5 Å². The zero-order valence-corrected chi connectivity index (χ0v) is 19.4. The molecule has 0 saturated carbocycles. The number of benzene rings is 1. The topological polar surface area (TPSA) is 76.2 Å². The fraction of sp³-hybridized carbons (Fsp3) is 0.500. The number of nitrogens with zero attached hydrogens (tertiary/aromatic N) is 2. The quantitative estimate of drug-likeness (QED) is 0.547. The third-order valence-corrected chi connectivity index (χ3v) is 6.31. The molecular weight excluding hydrogens is 440 g/mol. The Morgan fingerprint density at radius 1 is 1.06 bits per heavy atom. The van der Waals surface area contributed by atoms with Crippen molar-refractivity contribution in [3.05, 3.63) is 27.6 Å². The van der Waals surface area contributed by atoms with Crippen molar-refractivity contribution in [1.29, 1.82) is 0 Å². The summed E-state index contributed by atoms with van der Waals surface area (Å²) in [6.07, 6.45) is 5.65. The minimum absolute atomic E-state index is 0.191. The van der Waals surface area contributed by atoms with Gasteiger partial charge in [-0.15, -0.1) is 0 Å². The summed E-state index contributed by atoms with van der Waals surface area (Å²) in [5.41, 5.74) is 0.540. The van der Waals surface area contributed by atoms with E-state index in [-0.39, 0.29) is 17.4 Å². The van der Waals surface area contributed by atoms with Crippen LogP contribution in [0.2, 0.25) is 5.02 Å². The molecule has 3 amide bonds. The van der Waals surface area contributed by atoms with E-state index in [1.165, 1.54) is 0 Å². The maximum Gasteiger partial charge on any atom is 0.294 e. The number of imide groups is 1. The number of amides is 3. The highest BCUT2D eigenvalue weighted by Crippen LogP contribution is 2.38. The molecule has 9 heteroatoms. The molecule has 1 aromatic carbocycles. The van der Waals surface area contributed by atoms with Gasteiger partial charge in [0.15, 0.2) is 11.5 Å². The molecule has 0 bridgehead atoms. The molecule has 0 atom stereocenters. The van der Waals surface area contributed by atoms with Gasteiger partial charge in [-0.05, 0) is 56.2 Å². The first-order chi connectivity index (χ1) is 14.9. The van der Waals surface area contributed by atoms with Crippen LogP contribution in [0.15, 0.2) is 17.0 Å². The molecule has 2 fully saturated rings. The van der Waals surface area contributed by atoms with Gasteiger partial charge in [-0.3, -0.25) is 19.3 Å². The lowest BCUT2D eigenvalue weighted by atomic mass is 10.1. The molecule has 0 spiro atoms. The normalized spacial score (nSPS) is 18.5. The first kappa shape index (κ1) is 23.5. The summed E-state index contributed by atoms with van der Waals surface area (Å²) in [5, 5.41) is -0.0779. The molecule has 1 aromatic rings. The average molecular weight is 467 g/mol. The maximum absolute atomic E-state index is 12.8. The Morgan fingerprint density at radius 2 is 1.68 bits per heavy atom. The highest BCUT2D eigenvalue weighted by Gasteiger charge is 2.37. The number of ether oxygens (including phenoxy) is 2. The number of likely N-dealkylation sites (tertiary alicyclic amines) is 1.